The van der Waals surface area contributed by atoms with Crippen molar-refractivity contribution < 1.29 is 13.2 Å². The van der Waals surface area contributed by atoms with Gasteiger partial charge >= 0.3 is 0 Å². The third-order valence-electron chi connectivity index (χ3n) is 5.82. The summed E-state index contributed by atoms with van der Waals surface area (Å²) in [6.07, 6.45) is 9.23. The molecule has 152 valence electrons. The summed E-state index contributed by atoms with van der Waals surface area (Å²) in [6, 6.07) is 0.511. The minimum absolute atomic E-state index is 0.0694. The van der Waals surface area contributed by atoms with Crippen molar-refractivity contribution in [3.05, 3.63) is 0 Å². The average Bonchev–Trinajstić information content (AvgIpc) is 2.55. The van der Waals surface area contributed by atoms with Gasteiger partial charge in [-0.15, -0.1) is 0 Å². The molecule has 2 fully saturated rings. The molecule has 0 aromatic carbocycles. The molecule has 1 aliphatic carbocycles. The lowest BCUT2D eigenvalue weighted by molar-refractivity contribution is -0.121. The van der Waals surface area contributed by atoms with E-state index in [0.29, 0.717) is 25.7 Å². The Labute approximate surface area is 159 Å². The molecule has 2 unspecified atom stereocenters. The summed E-state index contributed by atoms with van der Waals surface area (Å²) < 4.78 is 26.2. The van der Waals surface area contributed by atoms with E-state index in [9.17, 15) is 13.2 Å². The van der Waals surface area contributed by atoms with Crippen LogP contribution >= 0.6 is 0 Å². The molecule has 1 heterocycles. The second-order valence-electron chi connectivity index (χ2n) is 8.31. The molecule has 2 rings (SSSR count). The monoisotopic (exact) mass is 387 g/mol. The van der Waals surface area contributed by atoms with Gasteiger partial charge in [0.2, 0.25) is 15.9 Å². The number of amides is 1. The van der Waals surface area contributed by atoms with Crippen molar-refractivity contribution in [1.82, 2.24) is 14.9 Å². The molecule has 2 N–H and O–H groups in total. The highest BCUT2D eigenvalue weighted by Gasteiger charge is 2.34. The summed E-state index contributed by atoms with van der Waals surface area (Å²) in [4.78, 5) is 12.3. The number of carbonyl (C=O) groups is 1. The lowest BCUT2D eigenvalue weighted by atomic mass is 9.95. The number of nitrogens with one attached hydrogen (secondary N) is 2. The predicted molar refractivity (Wildman–Crippen MR) is 105 cm³/mol. The second kappa shape index (κ2) is 10.0. The topological polar surface area (TPSA) is 78.5 Å². The molecule has 1 amide bonds. The van der Waals surface area contributed by atoms with Crippen molar-refractivity contribution in [1.29, 1.82) is 0 Å². The van der Waals surface area contributed by atoms with Crippen LogP contribution in [0.15, 0.2) is 0 Å². The molecule has 2 aliphatic rings. The lowest BCUT2D eigenvalue weighted by Crippen LogP contribution is -2.53. The maximum atomic E-state index is 12.3. The van der Waals surface area contributed by atoms with Crippen LogP contribution in [0.1, 0.15) is 72.1 Å². The first-order valence-electron chi connectivity index (χ1n) is 10.3. The Kier molecular flexibility index (Phi) is 8.36. The zero-order chi connectivity index (χ0) is 19.2. The SMILES string of the molecule is CC1CN(S(=O)(=O)C(C)C)CCC1NCC(=O)NC1CCCCCCC1. The van der Waals surface area contributed by atoms with Gasteiger partial charge in [0.25, 0.3) is 0 Å². The Hall–Kier alpha value is -0.660. The Balaban J connectivity index is 1.75. The summed E-state index contributed by atoms with van der Waals surface area (Å²) >= 11 is 0. The smallest absolute Gasteiger partial charge is 0.234 e. The van der Waals surface area contributed by atoms with Gasteiger partial charge in [-0.25, -0.2) is 12.7 Å². The molecule has 0 spiro atoms. The third-order valence-corrected chi connectivity index (χ3v) is 8.06. The van der Waals surface area contributed by atoms with E-state index < -0.39 is 10.0 Å². The van der Waals surface area contributed by atoms with Gasteiger partial charge in [0.05, 0.1) is 11.8 Å². The molecule has 0 aromatic heterocycles. The van der Waals surface area contributed by atoms with E-state index in [0.717, 1.165) is 19.3 Å². The number of piperidine rings is 1. The van der Waals surface area contributed by atoms with Crippen molar-refractivity contribution in [3.8, 4) is 0 Å². The quantitative estimate of drug-likeness (QED) is 0.733. The number of rotatable bonds is 6. The first-order valence-corrected chi connectivity index (χ1v) is 11.8. The van der Waals surface area contributed by atoms with Crippen LogP contribution in [0.3, 0.4) is 0 Å². The van der Waals surface area contributed by atoms with Crippen molar-refractivity contribution in [2.75, 3.05) is 19.6 Å². The number of carbonyl (C=O) groups excluding carboxylic acids is 1. The van der Waals surface area contributed by atoms with Gasteiger partial charge in [0.1, 0.15) is 0 Å². The van der Waals surface area contributed by atoms with Crippen LogP contribution in [0, 0.1) is 5.92 Å². The molecule has 7 heteroatoms. The normalized spacial score (nSPS) is 27.1. The zero-order valence-corrected chi connectivity index (χ0v) is 17.5. The van der Waals surface area contributed by atoms with E-state index in [1.165, 1.54) is 32.1 Å². The molecule has 1 saturated carbocycles. The Morgan fingerprint density at radius 1 is 1.08 bits per heavy atom. The van der Waals surface area contributed by atoms with E-state index in [4.69, 9.17) is 0 Å². The van der Waals surface area contributed by atoms with Crippen molar-refractivity contribution >= 4 is 15.9 Å². The third kappa shape index (κ3) is 6.20. The maximum Gasteiger partial charge on any atom is 0.234 e. The fourth-order valence-electron chi connectivity index (χ4n) is 4.04. The molecular weight excluding hydrogens is 350 g/mol. The first kappa shape index (κ1) is 21.6. The van der Waals surface area contributed by atoms with Gasteiger partial charge in [-0.3, -0.25) is 4.79 Å². The van der Waals surface area contributed by atoms with Crippen LogP contribution in [0.2, 0.25) is 0 Å². The van der Waals surface area contributed by atoms with Gasteiger partial charge in [-0.1, -0.05) is 39.0 Å². The standard InChI is InChI=1S/C19H37N3O3S/c1-15(2)26(24,25)22-12-11-18(16(3)14-22)20-13-19(23)21-17-9-7-5-4-6-8-10-17/h15-18,20H,4-14H2,1-3H3,(H,21,23). The molecule has 2 atom stereocenters. The molecule has 26 heavy (non-hydrogen) atoms. The minimum Gasteiger partial charge on any atom is -0.352 e. The van der Waals surface area contributed by atoms with Crippen LogP contribution in [-0.2, 0) is 14.8 Å². The van der Waals surface area contributed by atoms with Gasteiger partial charge in [-0.2, -0.15) is 0 Å². The predicted octanol–water partition coefficient (Wildman–Crippen LogP) is 2.25. The molecule has 1 saturated heterocycles. The second-order valence-corrected chi connectivity index (χ2v) is 10.8. The van der Waals surface area contributed by atoms with Gasteiger partial charge in [0, 0.05) is 25.2 Å². The van der Waals surface area contributed by atoms with Crippen molar-refractivity contribution in [3.63, 3.8) is 0 Å². The average molecular weight is 388 g/mol. The fraction of sp³-hybridized carbons (Fsp3) is 0.947. The van der Waals surface area contributed by atoms with Crippen LogP contribution in [0.25, 0.3) is 0 Å². The molecule has 6 nitrogen and oxygen atoms in total. The lowest BCUT2D eigenvalue weighted by Gasteiger charge is -2.37. The highest BCUT2D eigenvalue weighted by molar-refractivity contribution is 7.89. The summed E-state index contributed by atoms with van der Waals surface area (Å²) in [5.74, 6) is 0.270. The Morgan fingerprint density at radius 2 is 1.69 bits per heavy atom. The first-order chi connectivity index (χ1) is 12.3. The highest BCUT2D eigenvalue weighted by Crippen LogP contribution is 2.21. The van der Waals surface area contributed by atoms with E-state index in [1.807, 2.05) is 0 Å². The van der Waals surface area contributed by atoms with Gasteiger partial charge in [-0.05, 0) is 39.0 Å². The number of sulfonamides is 1. The van der Waals surface area contributed by atoms with Crippen LogP contribution in [0.5, 0.6) is 0 Å². The number of hydrogen-bond donors (Lipinski definition) is 2. The van der Waals surface area contributed by atoms with Gasteiger partial charge in [0.15, 0.2) is 0 Å². The molecule has 0 aromatic rings. The van der Waals surface area contributed by atoms with Crippen LogP contribution in [0.4, 0.5) is 0 Å². The van der Waals surface area contributed by atoms with Crippen molar-refractivity contribution in [2.24, 2.45) is 5.92 Å². The zero-order valence-electron chi connectivity index (χ0n) is 16.7. The van der Waals surface area contributed by atoms with E-state index in [-0.39, 0.29) is 23.1 Å². The van der Waals surface area contributed by atoms with Crippen LogP contribution < -0.4 is 10.6 Å². The Bertz CT molecular complexity index is 542. The van der Waals surface area contributed by atoms with Crippen molar-refractivity contribution in [2.45, 2.75) is 89.5 Å². The summed E-state index contributed by atoms with van der Waals surface area (Å²) in [5.41, 5.74) is 0. The number of hydrogen-bond acceptors (Lipinski definition) is 4. The summed E-state index contributed by atoms with van der Waals surface area (Å²) in [6.45, 7) is 6.90. The molecule has 0 radical (unpaired) electrons. The molecule has 1 aliphatic heterocycles. The van der Waals surface area contributed by atoms with E-state index >= 15 is 0 Å². The largest absolute Gasteiger partial charge is 0.352 e. The minimum atomic E-state index is -3.19. The highest BCUT2D eigenvalue weighted by atomic mass is 32.2. The maximum absolute atomic E-state index is 12.3. The number of nitrogens with zero attached hydrogens (tertiary/aromatic N) is 1. The van der Waals surface area contributed by atoms with Gasteiger partial charge < -0.3 is 10.6 Å². The van der Waals surface area contributed by atoms with E-state index in [2.05, 4.69) is 17.6 Å². The van der Waals surface area contributed by atoms with Crippen LogP contribution in [-0.4, -0.2) is 55.6 Å². The molecular formula is C19H37N3O3S. The van der Waals surface area contributed by atoms with E-state index in [1.54, 1.807) is 18.2 Å². The Morgan fingerprint density at radius 3 is 2.27 bits per heavy atom. The fourth-order valence-corrected chi connectivity index (χ4v) is 5.44. The molecule has 0 bridgehead atoms. The summed E-state index contributed by atoms with van der Waals surface area (Å²) in [7, 11) is -3.19. The summed E-state index contributed by atoms with van der Waals surface area (Å²) in [5, 5.41) is 6.16.